The standard InChI is InChI=1S/C26H43NO4S/c1-4-5-6-7-9-12-15-24-25(16-13-10-8-11-14-17-26(28)31-3)27(24)32(29,30)23-20-18-22(2)19-21-23/h18-21,24-25H,4-17H2,1-3H3/t24-,25-,27?/m0/s1. The van der Waals surface area contributed by atoms with Crippen LogP contribution in [0, 0.1) is 6.92 Å². The van der Waals surface area contributed by atoms with Gasteiger partial charge in [0.15, 0.2) is 0 Å². The minimum absolute atomic E-state index is 0.141. The van der Waals surface area contributed by atoms with E-state index in [2.05, 4.69) is 11.7 Å². The summed E-state index contributed by atoms with van der Waals surface area (Å²) >= 11 is 0. The second kappa shape index (κ2) is 14.0. The highest BCUT2D eigenvalue weighted by molar-refractivity contribution is 7.89. The quantitative estimate of drug-likeness (QED) is 0.152. The molecular formula is C26H43NO4S. The highest BCUT2D eigenvalue weighted by Crippen LogP contribution is 2.41. The molecule has 0 aliphatic carbocycles. The molecule has 6 heteroatoms. The number of sulfonamides is 1. The Labute approximate surface area is 196 Å². The minimum atomic E-state index is -3.41. The number of unbranched alkanes of at least 4 members (excludes halogenated alkanes) is 9. The van der Waals surface area contributed by atoms with Crippen LogP contribution in [-0.2, 0) is 19.6 Å². The van der Waals surface area contributed by atoms with Gasteiger partial charge in [0.05, 0.1) is 12.0 Å². The number of rotatable bonds is 17. The van der Waals surface area contributed by atoms with Crippen LogP contribution in [0.25, 0.3) is 0 Å². The van der Waals surface area contributed by atoms with Crippen LogP contribution < -0.4 is 0 Å². The number of benzene rings is 1. The van der Waals surface area contributed by atoms with E-state index in [1.807, 2.05) is 19.1 Å². The Kier molecular flexibility index (Phi) is 11.7. The molecular weight excluding hydrogens is 422 g/mol. The molecule has 0 aromatic heterocycles. The Bertz CT molecular complexity index is 776. The number of methoxy groups -OCH3 is 1. The fourth-order valence-electron chi connectivity index (χ4n) is 4.53. The van der Waals surface area contributed by atoms with Crippen molar-refractivity contribution in [2.45, 2.75) is 121 Å². The van der Waals surface area contributed by atoms with Gasteiger partial charge in [-0.2, -0.15) is 4.31 Å². The van der Waals surface area contributed by atoms with E-state index in [4.69, 9.17) is 0 Å². The monoisotopic (exact) mass is 465 g/mol. The lowest BCUT2D eigenvalue weighted by molar-refractivity contribution is -0.140. The van der Waals surface area contributed by atoms with Crippen LogP contribution in [-0.4, -0.2) is 37.9 Å². The van der Waals surface area contributed by atoms with Crippen molar-refractivity contribution in [3.05, 3.63) is 29.8 Å². The molecule has 1 fully saturated rings. The summed E-state index contributed by atoms with van der Waals surface area (Å²) in [4.78, 5) is 11.6. The van der Waals surface area contributed by atoms with Crippen molar-refractivity contribution in [3.63, 3.8) is 0 Å². The van der Waals surface area contributed by atoms with Gasteiger partial charge in [-0.1, -0.05) is 88.8 Å². The van der Waals surface area contributed by atoms with Crippen LogP contribution in [0.3, 0.4) is 0 Å². The largest absolute Gasteiger partial charge is 0.469 e. The first-order chi connectivity index (χ1) is 15.4. The number of ether oxygens (including phenoxy) is 1. The maximum Gasteiger partial charge on any atom is 0.305 e. The van der Waals surface area contributed by atoms with Gasteiger partial charge in [0.25, 0.3) is 0 Å². The number of esters is 1. The van der Waals surface area contributed by atoms with E-state index >= 15 is 0 Å². The van der Waals surface area contributed by atoms with E-state index in [1.54, 1.807) is 16.4 Å². The average molecular weight is 466 g/mol. The highest BCUT2D eigenvalue weighted by Gasteiger charge is 2.53. The normalized spacial score (nSPS) is 20.3. The lowest BCUT2D eigenvalue weighted by Crippen LogP contribution is -2.16. The first-order valence-corrected chi connectivity index (χ1v) is 14.0. The Hall–Kier alpha value is -1.40. The van der Waals surface area contributed by atoms with Crippen molar-refractivity contribution in [2.24, 2.45) is 0 Å². The predicted octanol–water partition coefficient (Wildman–Crippen LogP) is 6.39. The number of carbonyl (C=O) groups excluding carboxylic acids is 1. The zero-order valence-electron chi connectivity index (χ0n) is 20.4. The Morgan fingerprint density at radius 3 is 1.88 bits per heavy atom. The molecule has 5 nitrogen and oxygen atoms in total. The van der Waals surface area contributed by atoms with Gasteiger partial charge < -0.3 is 4.74 Å². The third-order valence-corrected chi connectivity index (χ3v) is 8.53. The van der Waals surface area contributed by atoms with Crippen molar-refractivity contribution in [1.29, 1.82) is 0 Å². The van der Waals surface area contributed by atoms with Crippen molar-refractivity contribution < 1.29 is 17.9 Å². The molecule has 2 rings (SSSR count). The molecule has 1 unspecified atom stereocenters. The molecule has 0 N–H and O–H groups in total. The first kappa shape index (κ1) is 26.8. The smallest absolute Gasteiger partial charge is 0.305 e. The molecule has 1 saturated heterocycles. The van der Waals surface area contributed by atoms with Gasteiger partial charge in [-0.25, -0.2) is 8.42 Å². The van der Waals surface area contributed by atoms with Crippen molar-refractivity contribution in [1.82, 2.24) is 4.31 Å². The van der Waals surface area contributed by atoms with E-state index in [-0.39, 0.29) is 18.1 Å². The van der Waals surface area contributed by atoms with E-state index < -0.39 is 10.0 Å². The number of hydrogen-bond donors (Lipinski definition) is 0. The number of aryl methyl sites for hydroxylation is 1. The van der Waals surface area contributed by atoms with Crippen molar-refractivity contribution in [3.8, 4) is 0 Å². The Morgan fingerprint density at radius 2 is 1.34 bits per heavy atom. The molecule has 32 heavy (non-hydrogen) atoms. The second-order valence-corrected chi connectivity index (χ2v) is 11.1. The second-order valence-electron chi connectivity index (χ2n) is 9.22. The molecule has 1 aromatic carbocycles. The summed E-state index contributed by atoms with van der Waals surface area (Å²) in [5.74, 6) is -0.141. The summed E-state index contributed by atoms with van der Waals surface area (Å²) in [6, 6.07) is 7.54. The van der Waals surface area contributed by atoms with Crippen molar-refractivity contribution >= 4 is 16.0 Å². The number of carbonyl (C=O) groups is 1. The van der Waals surface area contributed by atoms with Crippen LogP contribution in [0.5, 0.6) is 0 Å². The molecule has 0 radical (unpaired) electrons. The zero-order chi connectivity index (χ0) is 23.4. The average Bonchev–Trinajstić information content (AvgIpc) is 3.49. The molecule has 0 spiro atoms. The molecule has 1 aromatic rings. The van der Waals surface area contributed by atoms with E-state index in [0.717, 1.165) is 56.9 Å². The third kappa shape index (κ3) is 8.51. The zero-order valence-corrected chi connectivity index (χ0v) is 21.2. The molecule has 1 aliphatic rings. The van der Waals surface area contributed by atoms with Gasteiger partial charge in [-0.15, -0.1) is 0 Å². The number of nitrogens with zero attached hydrogens (tertiary/aromatic N) is 1. The van der Waals surface area contributed by atoms with Gasteiger partial charge in [0.1, 0.15) is 0 Å². The van der Waals surface area contributed by atoms with E-state index in [9.17, 15) is 13.2 Å². The molecule has 1 heterocycles. The van der Waals surface area contributed by atoms with Crippen LogP contribution in [0.15, 0.2) is 29.2 Å². The van der Waals surface area contributed by atoms with Crippen LogP contribution >= 0.6 is 0 Å². The van der Waals surface area contributed by atoms with Gasteiger partial charge in [-0.05, 0) is 38.3 Å². The minimum Gasteiger partial charge on any atom is -0.469 e. The van der Waals surface area contributed by atoms with Crippen LogP contribution in [0.2, 0.25) is 0 Å². The fourth-order valence-corrected chi connectivity index (χ4v) is 6.40. The summed E-state index contributed by atoms with van der Waals surface area (Å²) < 4.78 is 33.0. The maximum absolute atomic E-state index is 13.2. The fraction of sp³-hybridized carbons (Fsp3) is 0.731. The molecule has 1 aliphatic heterocycles. The van der Waals surface area contributed by atoms with Crippen LogP contribution in [0.4, 0.5) is 0 Å². The molecule has 0 bridgehead atoms. The van der Waals surface area contributed by atoms with Gasteiger partial charge in [0, 0.05) is 18.5 Å². The van der Waals surface area contributed by atoms with Crippen LogP contribution in [0.1, 0.15) is 102 Å². The van der Waals surface area contributed by atoms with Crippen molar-refractivity contribution in [2.75, 3.05) is 7.11 Å². The van der Waals surface area contributed by atoms with Gasteiger partial charge in [0.2, 0.25) is 10.0 Å². The summed E-state index contributed by atoms with van der Waals surface area (Å²) in [6.07, 6.45) is 14.9. The van der Waals surface area contributed by atoms with E-state index in [0.29, 0.717) is 11.3 Å². The topological polar surface area (TPSA) is 63.5 Å². The van der Waals surface area contributed by atoms with E-state index in [1.165, 1.54) is 39.2 Å². The molecule has 0 amide bonds. The summed E-state index contributed by atoms with van der Waals surface area (Å²) in [5, 5.41) is 0. The predicted molar refractivity (Wildman–Crippen MR) is 130 cm³/mol. The Balaban J connectivity index is 1.83. The Morgan fingerprint density at radius 1 is 0.844 bits per heavy atom. The molecule has 3 atom stereocenters. The van der Waals surface area contributed by atoms with Gasteiger partial charge >= 0.3 is 5.97 Å². The molecule has 0 saturated carbocycles. The third-order valence-electron chi connectivity index (χ3n) is 6.57. The highest BCUT2D eigenvalue weighted by atomic mass is 32.2. The summed E-state index contributed by atoms with van der Waals surface area (Å²) in [7, 11) is -1.99. The number of hydrogen-bond acceptors (Lipinski definition) is 4. The SMILES string of the molecule is CCCCCCCC[C@H]1[C@H](CCCCCCCC(=O)OC)N1S(=O)(=O)c1ccc(C)cc1. The lowest BCUT2D eigenvalue weighted by atomic mass is 10.0. The van der Waals surface area contributed by atoms with Gasteiger partial charge in [-0.3, -0.25) is 4.79 Å². The first-order valence-electron chi connectivity index (χ1n) is 12.6. The lowest BCUT2D eigenvalue weighted by Gasteiger charge is -2.08. The summed E-state index contributed by atoms with van der Waals surface area (Å²) in [6.45, 7) is 4.20. The molecule has 182 valence electrons. The summed E-state index contributed by atoms with van der Waals surface area (Å²) in [5.41, 5.74) is 1.07. The maximum atomic E-state index is 13.2.